The van der Waals surface area contributed by atoms with Crippen molar-refractivity contribution < 1.29 is 0 Å². The molecule has 2 rings (SSSR count). The molecule has 0 spiro atoms. The monoisotopic (exact) mass is 289 g/mol. The van der Waals surface area contributed by atoms with Gasteiger partial charge >= 0.3 is 0 Å². The molecule has 0 aromatic carbocycles. The van der Waals surface area contributed by atoms with Crippen LogP contribution in [0.25, 0.3) is 0 Å². The molecule has 0 aliphatic carbocycles. The molecule has 2 heterocycles. The summed E-state index contributed by atoms with van der Waals surface area (Å²) in [6.07, 6.45) is 0. The fourth-order valence-corrected chi connectivity index (χ4v) is 3.28. The maximum absolute atomic E-state index is 6.23. The van der Waals surface area contributed by atoms with Crippen LogP contribution in [0, 0.1) is 6.92 Å². The van der Waals surface area contributed by atoms with Crippen LogP contribution in [0.15, 0.2) is 35.0 Å². The second-order valence-corrected chi connectivity index (χ2v) is 5.97. The quantitative estimate of drug-likeness (QED) is 0.886. The average Bonchev–Trinajstić information content (AvgIpc) is 2.91. The molecule has 4 heteroatoms. The fraction of sp³-hybridized carbons (Fsp3) is 0.438. The van der Waals surface area contributed by atoms with E-state index in [4.69, 9.17) is 5.73 Å². The number of hydrogen-bond donors (Lipinski definition) is 1. The third kappa shape index (κ3) is 3.66. The number of pyridine rings is 1. The Labute approximate surface area is 125 Å². The van der Waals surface area contributed by atoms with E-state index in [1.54, 1.807) is 11.3 Å². The van der Waals surface area contributed by atoms with Crippen LogP contribution in [0.3, 0.4) is 0 Å². The zero-order chi connectivity index (χ0) is 14.5. The Kier molecular flexibility index (Phi) is 5.29. The highest BCUT2D eigenvalue weighted by Crippen LogP contribution is 2.26. The molecular formula is C16H23N3S. The van der Waals surface area contributed by atoms with E-state index >= 15 is 0 Å². The molecule has 3 nitrogen and oxygen atoms in total. The predicted molar refractivity (Wildman–Crippen MR) is 85.8 cm³/mol. The number of hydrogen-bond acceptors (Lipinski definition) is 4. The first kappa shape index (κ1) is 15.2. The summed E-state index contributed by atoms with van der Waals surface area (Å²) in [5.41, 5.74) is 9.70. The summed E-state index contributed by atoms with van der Waals surface area (Å²) in [4.78, 5) is 7.00. The minimum Gasteiger partial charge on any atom is -0.326 e. The lowest BCUT2D eigenvalue weighted by atomic mass is 10.0. The number of rotatable bonds is 6. The summed E-state index contributed by atoms with van der Waals surface area (Å²) in [5, 5.41) is 4.31. The second-order valence-electron chi connectivity index (χ2n) is 5.19. The van der Waals surface area contributed by atoms with E-state index in [1.807, 2.05) is 13.0 Å². The van der Waals surface area contributed by atoms with Gasteiger partial charge in [-0.3, -0.25) is 9.88 Å². The summed E-state index contributed by atoms with van der Waals surface area (Å²) in [5.74, 6) is 0. The van der Waals surface area contributed by atoms with Gasteiger partial charge in [0.1, 0.15) is 0 Å². The van der Waals surface area contributed by atoms with E-state index in [0.29, 0.717) is 0 Å². The maximum atomic E-state index is 6.23. The molecule has 2 atom stereocenters. The van der Waals surface area contributed by atoms with E-state index in [1.165, 1.54) is 5.56 Å². The first-order valence-corrected chi connectivity index (χ1v) is 8.00. The highest BCUT2D eigenvalue weighted by molar-refractivity contribution is 7.07. The molecule has 2 N–H and O–H groups in total. The third-order valence-corrected chi connectivity index (χ3v) is 4.19. The normalized spacial score (nSPS) is 14.4. The van der Waals surface area contributed by atoms with Gasteiger partial charge in [0.15, 0.2) is 0 Å². The van der Waals surface area contributed by atoms with E-state index in [9.17, 15) is 0 Å². The molecule has 0 radical (unpaired) electrons. The van der Waals surface area contributed by atoms with Gasteiger partial charge in [0.25, 0.3) is 0 Å². The van der Waals surface area contributed by atoms with E-state index in [0.717, 1.165) is 24.5 Å². The van der Waals surface area contributed by atoms with Crippen molar-refractivity contribution in [3.8, 4) is 0 Å². The topological polar surface area (TPSA) is 42.2 Å². The Morgan fingerprint density at radius 1 is 1.35 bits per heavy atom. The van der Waals surface area contributed by atoms with Crippen molar-refractivity contribution in [2.24, 2.45) is 5.73 Å². The smallest absolute Gasteiger partial charge is 0.0547 e. The molecule has 0 bridgehead atoms. The van der Waals surface area contributed by atoms with Gasteiger partial charge in [-0.25, -0.2) is 0 Å². The summed E-state index contributed by atoms with van der Waals surface area (Å²) in [6.45, 7) is 8.08. The van der Waals surface area contributed by atoms with Crippen molar-refractivity contribution in [3.63, 3.8) is 0 Å². The third-order valence-electron chi connectivity index (χ3n) is 3.49. The van der Waals surface area contributed by atoms with Crippen molar-refractivity contribution >= 4 is 11.3 Å². The fourth-order valence-electron chi connectivity index (χ4n) is 2.59. The Morgan fingerprint density at radius 3 is 2.70 bits per heavy atom. The van der Waals surface area contributed by atoms with Gasteiger partial charge in [0, 0.05) is 18.3 Å². The number of aryl methyl sites for hydroxylation is 1. The molecule has 0 fully saturated rings. The van der Waals surface area contributed by atoms with Gasteiger partial charge in [0.2, 0.25) is 0 Å². The zero-order valence-corrected chi connectivity index (χ0v) is 13.2. The van der Waals surface area contributed by atoms with Crippen molar-refractivity contribution in [2.45, 2.75) is 39.4 Å². The molecule has 2 aromatic heterocycles. The maximum Gasteiger partial charge on any atom is 0.0547 e. The van der Waals surface area contributed by atoms with Gasteiger partial charge < -0.3 is 5.73 Å². The Hall–Kier alpha value is -1.23. The van der Waals surface area contributed by atoms with E-state index < -0.39 is 0 Å². The molecule has 2 aromatic rings. The number of nitrogens with two attached hydrogens (primary N) is 1. The van der Waals surface area contributed by atoms with E-state index in [2.05, 4.69) is 52.7 Å². The van der Waals surface area contributed by atoms with E-state index in [-0.39, 0.29) is 12.1 Å². The number of nitrogens with zero attached hydrogens (tertiary/aromatic N) is 2. The lowest BCUT2D eigenvalue weighted by molar-refractivity contribution is 0.175. The minimum absolute atomic E-state index is 0.0920. The Morgan fingerprint density at radius 2 is 2.15 bits per heavy atom. The van der Waals surface area contributed by atoms with Crippen LogP contribution in [0.4, 0.5) is 0 Å². The lowest BCUT2D eigenvalue weighted by Crippen LogP contribution is -2.39. The largest absolute Gasteiger partial charge is 0.326 e. The van der Waals surface area contributed by atoms with Gasteiger partial charge in [0.05, 0.1) is 11.7 Å². The van der Waals surface area contributed by atoms with Gasteiger partial charge in [-0.2, -0.15) is 11.3 Å². The van der Waals surface area contributed by atoms with Crippen LogP contribution in [0.2, 0.25) is 0 Å². The highest BCUT2D eigenvalue weighted by Gasteiger charge is 2.23. The molecule has 0 saturated heterocycles. The van der Waals surface area contributed by atoms with Crippen LogP contribution in [-0.2, 0) is 6.54 Å². The van der Waals surface area contributed by atoms with Crippen LogP contribution in [0.1, 0.15) is 36.8 Å². The molecule has 0 aliphatic rings. The first-order chi connectivity index (χ1) is 9.61. The number of thiophene rings is 1. The summed E-state index contributed by atoms with van der Waals surface area (Å²) < 4.78 is 0. The lowest BCUT2D eigenvalue weighted by Gasteiger charge is -2.33. The van der Waals surface area contributed by atoms with Crippen LogP contribution >= 0.6 is 11.3 Å². The van der Waals surface area contributed by atoms with Crippen LogP contribution in [-0.4, -0.2) is 22.5 Å². The molecular weight excluding hydrogens is 266 g/mol. The minimum atomic E-state index is 0.0920. The molecule has 0 amide bonds. The molecule has 0 aliphatic heterocycles. The van der Waals surface area contributed by atoms with Crippen molar-refractivity contribution in [3.05, 3.63) is 52.0 Å². The average molecular weight is 289 g/mol. The van der Waals surface area contributed by atoms with Crippen molar-refractivity contribution in [1.82, 2.24) is 9.88 Å². The predicted octanol–water partition coefficient (Wildman–Crippen LogP) is 3.36. The number of likely N-dealkylation sites (N-methyl/N-ethyl adjacent to an activating group) is 1. The SMILES string of the molecule is CCN(Cc1cccc(C)n1)C(c1ccsc1)C(C)N. The number of aromatic nitrogens is 1. The molecule has 20 heavy (non-hydrogen) atoms. The van der Waals surface area contributed by atoms with Crippen LogP contribution in [0.5, 0.6) is 0 Å². The van der Waals surface area contributed by atoms with Crippen LogP contribution < -0.4 is 5.73 Å². The van der Waals surface area contributed by atoms with Crippen molar-refractivity contribution in [2.75, 3.05) is 6.54 Å². The second kappa shape index (κ2) is 6.97. The van der Waals surface area contributed by atoms with Gasteiger partial charge in [-0.15, -0.1) is 0 Å². The summed E-state index contributed by atoms with van der Waals surface area (Å²) in [7, 11) is 0. The Balaban J connectivity index is 2.21. The summed E-state index contributed by atoms with van der Waals surface area (Å²) >= 11 is 1.72. The molecule has 2 unspecified atom stereocenters. The standard InChI is InChI=1S/C16H23N3S/c1-4-19(10-15-7-5-6-12(2)18-15)16(13(3)17)14-8-9-20-11-14/h5-9,11,13,16H,4,10,17H2,1-3H3. The summed E-state index contributed by atoms with van der Waals surface area (Å²) in [6, 6.07) is 8.69. The molecule has 0 saturated carbocycles. The van der Waals surface area contributed by atoms with Crippen molar-refractivity contribution in [1.29, 1.82) is 0 Å². The first-order valence-electron chi connectivity index (χ1n) is 7.06. The Bertz CT molecular complexity index is 522. The van der Waals surface area contributed by atoms with Gasteiger partial charge in [-0.05, 0) is 54.9 Å². The highest BCUT2D eigenvalue weighted by atomic mass is 32.1. The molecule has 108 valence electrons. The zero-order valence-electron chi connectivity index (χ0n) is 12.4. The van der Waals surface area contributed by atoms with Gasteiger partial charge in [-0.1, -0.05) is 13.0 Å².